The third-order valence-corrected chi connectivity index (χ3v) is 5.30. The molecule has 3 nitrogen and oxygen atoms in total. The fraction of sp³-hybridized carbons (Fsp3) is 0.462. The second-order valence-electron chi connectivity index (χ2n) is 8.62. The summed E-state index contributed by atoms with van der Waals surface area (Å²) in [5.41, 5.74) is 1.82. The van der Waals surface area contributed by atoms with Gasteiger partial charge in [0, 0.05) is 0 Å². The van der Waals surface area contributed by atoms with Gasteiger partial charge in [-0.1, -0.05) is 80.6 Å². The second-order valence-corrected chi connectivity index (χ2v) is 8.62. The molecular weight excluding hydrogens is 358 g/mol. The Morgan fingerprint density at radius 2 is 1.55 bits per heavy atom. The van der Waals surface area contributed by atoms with E-state index >= 15 is 0 Å². The molecule has 0 saturated heterocycles. The SMILES string of the molecule is C=CCCCC(ON(C(c1ccccc1)C(C)C)C(C)(C)CO)c1ccccc1. The molecule has 0 aliphatic carbocycles. The van der Waals surface area contributed by atoms with E-state index in [-0.39, 0.29) is 18.8 Å². The summed E-state index contributed by atoms with van der Waals surface area (Å²) >= 11 is 0. The maximum atomic E-state index is 10.2. The van der Waals surface area contributed by atoms with Crippen LogP contribution in [0.25, 0.3) is 0 Å². The van der Waals surface area contributed by atoms with Crippen LogP contribution in [0.2, 0.25) is 0 Å². The highest BCUT2D eigenvalue weighted by Crippen LogP contribution is 2.38. The van der Waals surface area contributed by atoms with Gasteiger partial charge >= 0.3 is 0 Å². The van der Waals surface area contributed by atoms with Crippen molar-refractivity contribution in [1.29, 1.82) is 0 Å². The van der Waals surface area contributed by atoms with Gasteiger partial charge in [0.05, 0.1) is 18.2 Å². The van der Waals surface area contributed by atoms with Crippen LogP contribution in [-0.2, 0) is 4.84 Å². The van der Waals surface area contributed by atoms with E-state index in [9.17, 15) is 5.11 Å². The molecule has 2 aromatic rings. The van der Waals surface area contributed by atoms with E-state index in [0.29, 0.717) is 5.92 Å². The molecule has 0 radical (unpaired) electrons. The molecule has 29 heavy (non-hydrogen) atoms. The monoisotopic (exact) mass is 395 g/mol. The topological polar surface area (TPSA) is 32.7 Å². The fourth-order valence-corrected chi connectivity index (χ4v) is 3.63. The number of aliphatic hydroxyl groups excluding tert-OH is 1. The van der Waals surface area contributed by atoms with Crippen molar-refractivity contribution >= 4 is 0 Å². The predicted octanol–water partition coefficient (Wildman–Crippen LogP) is 6.49. The normalized spacial score (nSPS) is 14.2. The van der Waals surface area contributed by atoms with Crippen molar-refractivity contribution in [2.45, 2.75) is 64.6 Å². The molecule has 2 rings (SSSR count). The minimum Gasteiger partial charge on any atom is -0.394 e. The lowest BCUT2D eigenvalue weighted by molar-refractivity contribution is -0.287. The van der Waals surface area contributed by atoms with Crippen LogP contribution >= 0.6 is 0 Å². The first kappa shape index (κ1) is 23.3. The summed E-state index contributed by atoms with van der Waals surface area (Å²) in [5, 5.41) is 12.2. The summed E-state index contributed by atoms with van der Waals surface area (Å²) < 4.78 is 0. The zero-order valence-corrected chi connectivity index (χ0v) is 18.4. The number of allylic oxidation sites excluding steroid dienone is 1. The second kappa shape index (κ2) is 11.3. The summed E-state index contributed by atoms with van der Waals surface area (Å²) in [6.07, 6.45) is 4.75. The van der Waals surface area contributed by atoms with Crippen LogP contribution in [0.5, 0.6) is 0 Å². The highest BCUT2D eigenvalue weighted by molar-refractivity contribution is 5.21. The van der Waals surface area contributed by atoms with Gasteiger partial charge in [-0.2, -0.15) is 5.06 Å². The van der Waals surface area contributed by atoms with Crippen LogP contribution in [0, 0.1) is 5.92 Å². The van der Waals surface area contributed by atoms with Gasteiger partial charge in [0.15, 0.2) is 0 Å². The number of rotatable bonds is 12. The Balaban J connectivity index is 2.42. The third-order valence-electron chi connectivity index (χ3n) is 5.30. The van der Waals surface area contributed by atoms with E-state index in [4.69, 9.17) is 4.84 Å². The van der Waals surface area contributed by atoms with Crippen molar-refractivity contribution in [2.24, 2.45) is 5.92 Å². The molecule has 0 aliphatic rings. The summed E-state index contributed by atoms with van der Waals surface area (Å²) in [5.74, 6) is 0.313. The zero-order chi connectivity index (χ0) is 21.3. The first-order valence-corrected chi connectivity index (χ1v) is 10.7. The van der Waals surface area contributed by atoms with Crippen molar-refractivity contribution in [3.8, 4) is 0 Å². The molecule has 158 valence electrons. The lowest BCUT2D eigenvalue weighted by Gasteiger charge is -2.45. The minimum atomic E-state index is -0.532. The van der Waals surface area contributed by atoms with E-state index in [1.807, 2.05) is 37.1 Å². The van der Waals surface area contributed by atoms with Crippen molar-refractivity contribution < 1.29 is 9.94 Å². The van der Waals surface area contributed by atoms with Crippen LogP contribution in [0.15, 0.2) is 73.3 Å². The van der Waals surface area contributed by atoms with Gasteiger partial charge < -0.3 is 5.11 Å². The maximum Gasteiger partial charge on any atom is 0.104 e. The van der Waals surface area contributed by atoms with Crippen LogP contribution in [0.3, 0.4) is 0 Å². The Labute approximate surface area is 177 Å². The first-order chi connectivity index (χ1) is 13.9. The molecule has 0 amide bonds. The first-order valence-electron chi connectivity index (χ1n) is 10.7. The fourth-order valence-electron chi connectivity index (χ4n) is 3.63. The number of unbranched alkanes of at least 4 members (excludes halogenated alkanes) is 1. The van der Waals surface area contributed by atoms with Gasteiger partial charge in [-0.05, 0) is 50.2 Å². The standard InChI is InChI=1S/C26H37NO2/c1-6-7-10-19-24(22-15-11-8-12-16-22)29-27(26(4,5)20-28)25(21(2)3)23-17-13-9-14-18-23/h6,8-9,11-18,21,24-25,28H,1,7,10,19-20H2,2-5H3. The van der Waals surface area contributed by atoms with Gasteiger partial charge in [-0.25, -0.2) is 0 Å². The lowest BCUT2D eigenvalue weighted by atomic mass is 9.92. The van der Waals surface area contributed by atoms with E-state index in [0.717, 1.165) is 24.8 Å². The van der Waals surface area contributed by atoms with Crippen LogP contribution in [0.1, 0.15) is 70.2 Å². The molecule has 0 aromatic heterocycles. The highest BCUT2D eigenvalue weighted by atomic mass is 16.7. The molecule has 2 atom stereocenters. The van der Waals surface area contributed by atoms with E-state index in [1.165, 1.54) is 5.56 Å². The average molecular weight is 396 g/mol. The zero-order valence-electron chi connectivity index (χ0n) is 18.4. The van der Waals surface area contributed by atoms with Crippen LogP contribution in [-0.4, -0.2) is 22.3 Å². The van der Waals surface area contributed by atoms with Crippen molar-refractivity contribution in [2.75, 3.05) is 6.61 Å². The molecule has 0 bridgehead atoms. The molecule has 1 N–H and O–H groups in total. The summed E-state index contributed by atoms with van der Waals surface area (Å²) in [7, 11) is 0. The van der Waals surface area contributed by atoms with Crippen molar-refractivity contribution in [3.05, 3.63) is 84.4 Å². The van der Waals surface area contributed by atoms with E-state index in [1.54, 1.807) is 0 Å². The molecule has 2 aromatic carbocycles. The predicted molar refractivity (Wildman–Crippen MR) is 121 cm³/mol. The molecule has 0 aliphatic heterocycles. The Morgan fingerprint density at radius 1 is 1.00 bits per heavy atom. The molecule has 0 heterocycles. The van der Waals surface area contributed by atoms with Crippen molar-refractivity contribution in [3.63, 3.8) is 0 Å². The van der Waals surface area contributed by atoms with Gasteiger partial charge in [0.25, 0.3) is 0 Å². The number of hydroxylamine groups is 2. The van der Waals surface area contributed by atoms with Crippen LogP contribution in [0.4, 0.5) is 0 Å². The Hall–Kier alpha value is -1.94. The smallest absolute Gasteiger partial charge is 0.104 e. The number of hydrogen-bond acceptors (Lipinski definition) is 3. The minimum absolute atomic E-state index is 0.0111. The number of aliphatic hydroxyl groups is 1. The lowest BCUT2D eigenvalue weighted by Crippen LogP contribution is -2.50. The molecular formula is C26H37NO2. The van der Waals surface area contributed by atoms with Gasteiger partial charge in [0.2, 0.25) is 0 Å². The van der Waals surface area contributed by atoms with Crippen LogP contribution < -0.4 is 0 Å². The molecule has 0 saturated carbocycles. The van der Waals surface area contributed by atoms with E-state index < -0.39 is 5.54 Å². The largest absolute Gasteiger partial charge is 0.394 e. The van der Waals surface area contributed by atoms with Gasteiger partial charge in [-0.3, -0.25) is 4.84 Å². The summed E-state index contributed by atoms with van der Waals surface area (Å²) in [6, 6.07) is 20.9. The molecule has 2 unspecified atom stereocenters. The van der Waals surface area contributed by atoms with Crippen molar-refractivity contribution in [1.82, 2.24) is 5.06 Å². The molecule has 0 spiro atoms. The number of benzene rings is 2. The number of nitrogens with zero attached hydrogens (tertiary/aromatic N) is 1. The molecule has 0 fully saturated rings. The Kier molecular flexibility index (Phi) is 9.09. The third kappa shape index (κ3) is 6.53. The molecule has 3 heteroatoms. The Morgan fingerprint density at radius 3 is 2.03 bits per heavy atom. The quantitative estimate of drug-likeness (QED) is 0.253. The van der Waals surface area contributed by atoms with Gasteiger partial charge in [-0.15, -0.1) is 6.58 Å². The Bertz CT molecular complexity index is 712. The highest BCUT2D eigenvalue weighted by Gasteiger charge is 2.37. The summed E-state index contributed by atoms with van der Waals surface area (Å²) in [4.78, 5) is 6.76. The maximum absolute atomic E-state index is 10.2. The van der Waals surface area contributed by atoms with E-state index in [2.05, 4.69) is 69.0 Å². The summed E-state index contributed by atoms with van der Waals surface area (Å²) in [6.45, 7) is 12.3. The van der Waals surface area contributed by atoms with Gasteiger partial charge in [0.1, 0.15) is 6.10 Å². The number of hydrogen-bond donors (Lipinski definition) is 1. The average Bonchev–Trinajstić information content (AvgIpc) is 2.73.